The molecule has 0 radical (unpaired) electrons. The van der Waals surface area contributed by atoms with Crippen LogP contribution >= 0.6 is 11.6 Å². The average Bonchev–Trinajstić information content (AvgIpc) is 2.76. The molecule has 6 nitrogen and oxygen atoms in total. The summed E-state index contributed by atoms with van der Waals surface area (Å²) in [4.78, 5) is 15.7. The van der Waals surface area contributed by atoms with E-state index in [2.05, 4.69) is 10.1 Å². The maximum absolute atomic E-state index is 11.7. The van der Waals surface area contributed by atoms with Crippen molar-refractivity contribution in [3.8, 4) is 5.82 Å². The number of nitrogen functional groups attached to an aromatic ring is 1. The summed E-state index contributed by atoms with van der Waals surface area (Å²) < 4.78 is 6.31. The number of anilines is 1. The third-order valence-corrected chi connectivity index (χ3v) is 2.43. The zero-order chi connectivity index (χ0) is 13.1. The molecular weight excluding hydrogens is 256 g/mol. The van der Waals surface area contributed by atoms with Crippen LogP contribution in [-0.2, 0) is 4.74 Å². The second kappa shape index (κ2) is 5.05. The van der Waals surface area contributed by atoms with Gasteiger partial charge in [0.2, 0.25) is 0 Å². The normalized spacial score (nSPS) is 10.3. The van der Waals surface area contributed by atoms with E-state index in [9.17, 15) is 4.79 Å². The number of pyridine rings is 1. The Morgan fingerprint density at radius 1 is 1.61 bits per heavy atom. The van der Waals surface area contributed by atoms with Crippen LogP contribution in [0.4, 0.5) is 5.69 Å². The van der Waals surface area contributed by atoms with Gasteiger partial charge in [-0.15, -0.1) is 0 Å². The van der Waals surface area contributed by atoms with Gasteiger partial charge in [-0.25, -0.2) is 14.5 Å². The largest absolute Gasteiger partial charge is 0.462 e. The minimum Gasteiger partial charge on any atom is -0.462 e. The Morgan fingerprint density at radius 3 is 3.00 bits per heavy atom. The molecule has 7 heteroatoms. The molecule has 2 aromatic heterocycles. The molecule has 2 heterocycles. The van der Waals surface area contributed by atoms with Crippen molar-refractivity contribution in [1.82, 2.24) is 14.8 Å². The molecule has 0 aliphatic carbocycles. The summed E-state index contributed by atoms with van der Waals surface area (Å²) in [6, 6.07) is 1.50. The minimum absolute atomic E-state index is 0.204. The van der Waals surface area contributed by atoms with Crippen molar-refractivity contribution in [3.05, 3.63) is 35.2 Å². The molecule has 2 N–H and O–H groups in total. The molecule has 0 aromatic carbocycles. The number of carbonyl (C=O) groups is 1. The zero-order valence-corrected chi connectivity index (χ0v) is 10.4. The number of esters is 1. The molecule has 0 aliphatic heterocycles. The average molecular weight is 267 g/mol. The van der Waals surface area contributed by atoms with Gasteiger partial charge in [0.05, 0.1) is 35.3 Å². The van der Waals surface area contributed by atoms with Crippen LogP contribution in [0.15, 0.2) is 24.7 Å². The van der Waals surface area contributed by atoms with Crippen molar-refractivity contribution in [2.45, 2.75) is 6.92 Å². The van der Waals surface area contributed by atoms with Crippen molar-refractivity contribution in [2.24, 2.45) is 0 Å². The Bertz CT molecular complexity index is 582. The standard InChI is InChI=1S/C11H11ClN4O2/c1-2-18-11(17)8-3-4-14-10(9(8)13)16-6-7(12)5-15-16/h3-6H,2,13H2,1H3. The summed E-state index contributed by atoms with van der Waals surface area (Å²) in [6.45, 7) is 2.01. The second-order valence-electron chi connectivity index (χ2n) is 3.42. The van der Waals surface area contributed by atoms with E-state index < -0.39 is 5.97 Å². The first kappa shape index (κ1) is 12.4. The SMILES string of the molecule is CCOC(=O)c1ccnc(-n2cc(Cl)cn2)c1N. The molecule has 94 valence electrons. The highest BCUT2D eigenvalue weighted by Crippen LogP contribution is 2.20. The van der Waals surface area contributed by atoms with Gasteiger partial charge in [-0.1, -0.05) is 11.6 Å². The van der Waals surface area contributed by atoms with E-state index in [0.29, 0.717) is 10.8 Å². The number of carbonyl (C=O) groups excluding carboxylic acids is 1. The molecule has 0 bridgehead atoms. The highest BCUT2D eigenvalue weighted by molar-refractivity contribution is 6.30. The first-order chi connectivity index (χ1) is 8.63. The number of hydrogen-bond acceptors (Lipinski definition) is 5. The van der Waals surface area contributed by atoms with Crippen molar-refractivity contribution in [1.29, 1.82) is 0 Å². The molecule has 0 fully saturated rings. The molecule has 0 aliphatic rings. The Labute approximate surface area is 108 Å². The van der Waals surface area contributed by atoms with Gasteiger partial charge in [0, 0.05) is 6.20 Å². The van der Waals surface area contributed by atoms with E-state index in [1.54, 1.807) is 13.1 Å². The number of hydrogen-bond donors (Lipinski definition) is 1. The molecular formula is C11H11ClN4O2. The molecule has 2 aromatic rings. The van der Waals surface area contributed by atoms with Crippen molar-refractivity contribution in [3.63, 3.8) is 0 Å². The van der Waals surface area contributed by atoms with Crippen LogP contribution in [0.5, 0.6) is 0 Å². The van der Waals surface area contributed by atoms with Crippen LogP contribution in [0.1, 0.15) is 17.3 Å². The Kier molecular flexibility index (Phi) is 3.47. The van der Waals surface area contributed by atoms with Gasteiger partial charge in [0.15, 0.2) is 5.82 Å². The van der Waals surface area contributed by atoms with E-state index in [-0.39, 0.29) is 17.9 Å². The van der Waals surface area contributed by atoms with Crippen molar-refractivity contribution in [2.75, 3.05) is 12.3 Å². The molecule has 2 rings (SSSR count). The lowest BCUT2D eigenvalue weighted by Crippen LogP contribution is -2.12. The van der Waals surface area contributed by atoms with E-state index in [4.69, 9.17) is 22.1 Å². The fraction of sp³-hybridized carbons (Fsp3) is 0.182. The van der Waals surface area contributed by atoms with Gasteiger partial charge in [-0.3, -0.25) is 0 Å². The summed E-state index contributed by atoms with van der Waals surface area (Å²) in [6.07, 6.45) is 4.47. The Balaban J connectivity index is 2.45. The molecule has 0 saturated carbocycles. The lowest BCUT2D eigenvalue weighted by Gasteiger charge is -2.08. The third-order valence-electron chi connectivity index (χ3n) is 2.23. The molecule has 18 heavy (non-hydrogen) atoms. The Morgan fingerprint density at radius 2 is 2.39 bits per heavy atom. The monoisotopic (exact) mass is 266 g/mol. The van der Waals surface area contributed by atoms with E-state index in [1.807, 2.05) is 0 Å². The highest BCUT2D eigenvalue weighted by atomic mass is 35.5. The highest BCUT2D eigenvalue weighted by Gasteiger charge is 2.16. The first-order valence-electron chi connectivity index (χ1n) is 5.25. The van der Waals surface area contributed by atoms with E-state index >= 15 is 0 Å². The summed E-state index contributed by atoms with van der Waals surface area (Å²) in [5, 5.41) is 4.44. The van der Waals surface area contributed by atoms with Crippen molar-refractivity contribution >= 4 is 23.3 Å². The van der Waals surface area contributed by atoms with Gasteiger partial charge in [-0.2, -0.15) is 5.10 Å². The van der Waals surface area contributed by atoms with Gasteiger partial charge >= 0.3 is 5.97 Å². The molecule has 0 amide bonds. The molecule has 0 spiro atoms. The number of nitrogens with zero attached hydrogens (tertiary/aromatic N) is 3. The maximum atomic E-state index is 11.7. The lowest BCUT2D eigenvalue weighted by molar-refractivity contribution is 0.0527. The fourth-order valence-electron chi connectivity index (χ4n) is 1.45. The number of nitrogens with two attached hydrogens (primary N) is 1. The van der Waals surface area contributed by atoms with Gasteiger partial charge in [-0.05, 0) is 13.0 Å². The second-order valence-corrected chi connectivity index (χ2v) is 3.86. The summed E-state index contributed by atoms with van der Waals surface area (Å²) in [5.74, 6) is -0.149. The Hall–Kier alpha value is -2.08. The lowest BCUT2D eigenvalue weighted by atomic mass is 10.2. The van der Waals surface area contributed by atoms with Crippen LogP contribution < -0.4 is 5.73 Å². The van der Waals surface area contributed by atoms with E-state index in [0.717, 1.165) is 0 Å². The maximum Gasteiger partial charge on any atom is 0.340 e. The quantitative estimate of drug-likeness (QED) is 0.855. The van der Waals surface area contributed by atoms with Crippen LogP contribution in [0, 0.1) is 0 Å². The predicted octanol–water partition coefficient (Wildman–Crippen LogP) is 1.68. The number of halogens is 1. The minimum atomic E-state index is -0.489. The first-order valence-corrected chi connectivity index (χ1v) is 5.63. The smallest absolute Gasteiger partial charge is 0.340 e. The van der Waals surface area contributed by atoms with Gasteiger partial charge < -0.3 is 10.5 Å². The van der Waals surface area contributed by atoms with Crippen LogP contribution in [-0.4, -0.2) is 27.3 Å². The molecule has 0 unspecified atom stereocenters. The summed E-state index contributed by atoms with van der Waals surface area (Å²) >= 11 is 5.77. The van der Waals surface area contributed by atoms with E-state index in [1.165, 1.54) is 23.1 Å². The summed E-state index contributed by atoms with van der Waals surface area (Å²) in [7, 11) is 0. The van der Waals surface area contributed by atoms with Crippen LogP contribution in [0.3, 0.4) is 0 Å². The third kappa shape index (κ3) is 2.28. The van der Waals surface area contributed by atoms with Crippen LogP contribution in [0.25, 0.3) is 5.82 Å². The van der Waals surface area contributed by atoms with Crippen molar-refractivity contribution < 1.29 is 9.53 Å². The summed E-state index contributed by atoms with van der Waals surface area (Å²) in [5.41, 5.74) is 6.35. The fourth-order valence-corrected chi connectivity index (χ4v) is 1.58. The van der Waals surface area contributed by atoms with Gasteiger partial charge in [0.1, 0.15) is 0 Å². The number of aromatic nitrogens is 3. The molecule has 0 saturated heterocycles. The zero-order valence-electron chi connectivity index (χ0n) is 9.63. The van der Waals surface area contributed by atoms with Gasteiger partial charge in [0.25, 0.3) is 0 Å². The predicted molar refractivity (Wildman–Crippen MR) is 66.7 cm³/mol. The number of rotatable bonds is 3. The van der Waals surface area contributed by atoms with Crippen LogP contribution in [0.2, 0.25) is 5.02 Å². The topological polar surface area (TPSA) is 83.0 Å². The molecule has 0 atom stereocenters. The number of ether oxygens (including phenoxy) is 1.